The van der Waals surface area contributed by atoms with E-state index in [1.165, 1.54) is 0 Å². The molecule has 0 unspecified atom stereocenters. The highest BCUT2D eigenvalue weighted by atomic mass is 79.9. The average Bonchev–Trinajstić information content (AvgIpc) is 3.15. The molecule has 8 heteroatoms. The molecule has 1 aliphatic rings. The van der Waals surface area contributed by atoms with Crippen LogP contribution in [0.5, 0.6) is 0 Å². The number of oxime groups is 1. The lowest BCUT2D eigenvalue weighted by Crippen LogP contribution is -2.23. The molecule has 0 saturated heterocycles. The molecule has 0 bridgehead atoms. The largest absolute Gasteiger partial charge is 0.416 e. The van der Waals surface area contributed by atoms with Crippen molar-refractivity contribution in [3.05, 3.63) is 28.2 Å². The van der Waals surface area contributed by atoms with Crippen molar-refractivity contribution in [2.75, 3.05) is 11.9 Å². The first-order valence-corrected chi connectivity index (χ1v) is 7.11. The van der Waals surface area contributed by atoms with Gasteiger partial charge in [0.05, 0.1) is 5.56 Å². The fraction of sp³-hybridized carbons (Fsp3) is 0.462. The summed E-state index contributed by atoms with van der Waals surface area (Å²) in [5.41, 5.74) is 5.04. The number of halogens is 4. The van der Waals surface area contributed by atoms with Crippen LogP contribution in [0, 0.1) is 5.41 Å². The van der Waals surface area contributed by atoms with E-state index in [0.717, 1.165) is 25.0 Å². The van der Waals surface area contributed by atoms with Gasteiger partial charge in [-0.15, -0.1) is 0 Å². The van der Waals surface area contributed by atoms with Crippen LogP contribution in [0.4, 0.5) is 18.9 Å². The van der Waals surface area contributed by atoms with Crippen molar-refractivity contribution in [3.8, 4) is 0 Å². The zero-order chi connectivity index (χ0) is 15.7. The number of amidine groups is 1. The third kappa shape index (κ3) is 4.26. The minimum atomic E-state index is -4.38. The van der Waals surface area contributed by atoms with Gasteiger partial charge in [-0.3, -0.25) is 0 Å². The highest BCUT2D eigenvalue weighted by Crippen LogP contribution is 2.48. The molecule has 1 aromatic rings. The maximum atomic E-state index is 12.7. The van der Waals surface area contributed by atoms with Crippen LogP contribution in [0.1, 0.15) is 24.8 Å². The summed E-state index contributed by atoms with van der Waals surface area (Å²) in [5.74, 6) is 0.138. The van der Waals surface area contributed by atoms with Gasteiger partial charge < -0.3 is 16.3 Å². The molecular formula is C13H15BrF3N3O. The summed E-state index contributed by atoms with van der Waals surface area (Å²) in [4.78, 5) is 0. The summed E-state index contributed by atoms with van der Waals surface area (Å²) in [6.45, 7) is 0.483. The lowest BCUT2D eigenvalue weighted by Gasteiger charge is -2.17. The molecule has 0 amide bonds. The van der Waals surface area contributed by atoms with E-state index >= 15 is 0 Å². The van der Waals surface area contributed by atoms with Gasteiger partial charge in [0, 0.05) is 23.1 Å². The van der Waals surface area contributed by atoms with Gasteiger partial charge >= 0.3 is 6.18 Å². The average molecular weight is 366 g/mol. The standard InChI is InChI=1S/C13H15BrF3N3O/c14-9-3-8(13(15,16)17)4-10(5-9)19-7-12(1-2-12)6-11(18)20-21/h3-5,19,21H,1-2,6-7H2,(H2,18,20). The Morgan fingerprint density at radius 3 is 2.57 bits per heavy atom. The number of nitrogens with zero attached hydrogens (tertiary/aromatic N) is 1. The van der Waals surface area contributed by atoms with Crippen molar-refractivity contribution in [1.29, 1.82) is 0 Å². The molecule has 0 aromatic heterocycles. The predicted octanol–water partition coefficient (Wildman–Crippen LogP) is 3.80. The number of alkyl halides is 3. The topological polar surface area (TPSA) is 70.6 Å². The SMILES string of the molecule is NC(CC1(CNc2cc(Br)cc(C(F)(F)F)c2)CC1)=NO. The van der Waals surface area contributed by atoms with Crippen molar-refractivity contribution < 1.29 is 18.4 Å². The number of hydrogen-bond acceptors (Lipinski definition) is 3. The lowest BCUT2D eigenvalue weighted by molar-refractivity contribution is -0.137. The van der Waals surface area contributed by atoms with Crippen LogP contribution in [-0.4, -0.2) is 17.6 Å². The van der Waals surface area contributed by atoms with E-state index in [0.29, 0.717) is 23.1 Å². The Hall–Kier alpha value is -1.44. The first-order chi connectivity index (χ1) is 9.74. The Kier molecular flexibility index (Phi) is 4.36. The van der Waals surface area contributed by atoms with E-state index in [1.54, 1.807) is 6.07 Å². The van der Waals surface area contributed by atoms with Gasteiger partial charge in [-0.2, -0.15) is 13.2 Å². The highest BCUT2D eigenvalue weighted by Gasteiger charge is 2.43. The number of anilines is 1. The van der Waals surface area contributed by atoms with Gasteiger partial charge in [-0.1, -0.05) is 21.1 Å². The molecule has 0 heterocycles. The Labute approximate surface area is 128 Å². The number of nitrogens with two attached hydrogens (primary N) is 1. The van der Waals surface area contributed by atoms with Gasteiger partial charge in [-0.05, 0) is 36.5 Å². The zero-order valence-electron chi connectivity index (χ0n) is 11.0. The molecule has 0 aliphatic heterocycles. The van der Waals surface area contributed by atoms with Crippen molar-refractivity contribution in [1.82, 2.24) is 0 Å². The van der Waals surface area contributed by atoms with Gasteiger partial charge in [-0.25, -0.2) is 0 Å². The number of benzene rings is 1. The summed E-state index contributed by atoms with van der Waals surface area (Å²) >= 11 is 3.08. The quantitative estimate of drug-likeness (QED) is 0.321. The number of nitrogens with one attached hydrogen (secondary N) is 1. The molecular weight excluding hydrogens is 351 g/mol. The van der Waals surface area contributed by atoms with Crippen LogP contribution in [-0.2, 0) is 6.18 Å². The van der Waals surface area contributed by atoms with Gasteiger partial charge in [0.15, 0.2) is 0 Å². The van der Waals surface area contributed by atoms with E-state index in [4.69, 9.17) is 10.9 Å². The summed E-state index contributed by atoms with van der Waals surface area (Å²) in [6, 6.07) is 3.70. The molecule has 4 nitrogen and oxygen atoms in total. The summed E-state index contributed by atoms with van der Waals surface area (Å²) in [6.07, 6.45) is -2.16. The molecule has 1 aromatic carbocycles. The monoisotopic (exact) mass is 365 g/mol. The van der Waals surface area contributed by atoms with Crippen LogP contribution >= 0.6 is 15.9 Å². The van der Waals surface area contributed by atoms with Crippen molar-refractivity contribution >= 4 is 27.5 Å². The fourth-order valence-corrected chi connectivity index (χ4v) is 2.65. The van der Waals surface area contributed by atoms with Gasteiger partial charge in [0.1, 0.15) is 5.84 Å². The van der Waals surface area contributed by atoms with Crippen molar-refractivity contribution in [2.24, 2.45) is 16.3 Å². The van der Waals surface area contributed by atoms with E-state index in [-0.39, 0.29) is 11.3 Å². The fourth-order valence-electron chi connectivity index (χ4n) is 2.16. The zero-order valence-corrected chi connectivity index (χ0v) is 12.6. The Morgan fingerprint density at radius 2 is 2.05 bits per heavy atom. The Balaban J connectivity index is 2.06. The van der Waals surface area contributed by atoms with Crippen molar-refractivity contribution in [2.45, 2.75) is 25.4 Å². The first kappa shape index (κ1) is 15.9. The predicted molar refractivity (Wildman–Crippen MR) is 77.3 cm³/mol. The highest BCUT2D eigenvalue weighted by molar-refractivity contribution is 9.10. The third-order valence-corrected chi connectivity index (χ3v) is 3.99. The van der Waals surface area contributed by atoms with Crippen LogP contribution in [0.25, 0.3) is 0 Å². The van der Waals surface area contributed by atoms with Crippen molar-refractivity contribution in [3.63, 3.8) is 0 Å². The normalized spacial score (nSPS) is 17.6. The van der Waals surface area contributed by atoms with Crippen LogP contribution in [0.3, 0.4) is 0 Å². The second-order valence-electron chi connectivity index (χ2n) is 5.35. The molecule has 0 radical (unpaired) electrons. The lowest BCUT2D eigenvalue weighted by atomic mass is 10.0. The molecule has 0 atom stereocenters. The summed E-state index contributed by atoms with van der Waals surface area (Å²) < 4.78 is 38.6. The molecule has 1 saturated carbocycles. The first-order valence-electron chi connectivity index (χ1n) is 6.32. The van der Waals surface area contributed by atoms with E-state index < -0.39 is 11.7 Å². The van der Waals surface area contributed by atoms with E-state index in [1.807, 2.05) is 0 Å². The molecule has 1 aliphatic carbocycles. The molecule has 0 spiro atoms. The van der Waals surface area contributed by atoms with E-state index in [2.05, 4.69) is 26.4 Å². The third-order valence-electron chi connectivity index (χ3n) is 3.53. The number of rotatable bonds is 5. The Morgan fingerprint density at radius 1 is 1.38 bits per heavy atom. The molecule has 21 heavy (non-hydrogen) atoms. The molecule has 2 rings (SSSR count). The molecule has 1 fully saturated rings. The smallest absolute Gasteiger partial charge is 0.409 e. The van der Waals surface area contributed by atoms with Gasteiger partial charge in [0.2, 0.25) is 0 Å². The van der Waals surface area contributed by atoms with Crippen LogP contribution in [0.15, 0.2) is 27.8 Å². The van der Waals surface area contributed by atoms with Gasteiger partial charge in [0.25, 0.3) is 0 Å². The summed E-state index contributed by atoms with van der Waals surface area (Å²) in [5, 5.41) is 14.5. The minimum Gasteiger partial charge on any atom is -0.409 e. The molecule has 116 valence electrons. The minimum absolute atomic E-state index is 0.128. The second kappa shape index (κ2) is 5.75. The van der Waals surface area contributed by atoms with E-state index in [9.17, 15) is 13.2 Å². The van der Waals surface area contributed by atoms with Crippen LogP contribution < -0.4 is 11.1 Å². The summed E-state index contributed by atoms with van der Waals surface area (Å²) in [7, 11) is 0. The Bertz CT molecular complexity index is 556. The molecule has 4 N–H and O–H groups in total. The number of hydrogen-bond donors (Lipinski definition) is 3. The maximum absolute atomic E-state index is 12.7. The second-order valence-corrected chi connectivity index (χ2v) is 6.26. The van der Waals surface area contributed by atoms with Crippen LogP contribution in [0.2, 0.25) is 0 Å². The maximum Gasteiger partial charge on any atom is 0.416 e.